The van der Waals surface area contributed by atoms with Crippen molar-refractivity contribution in [1.29, 1.82) is 0 Å². The first-order chi connectivity index (χ1) is 8.04. The first-order valence-corrected chi connectivity index (χ1v) is 7.16. The molecule has 3 atom stereocenters. The second kappa shape index (κ2) is 7.34. The van der Waals surface area contributed by atoms with E-state index in [1.165, 1.54) is 32.5 Å². The van der Waals surface area contributed by atoms with Crippen molar-refractivity contribution in [3.63, 3.8) is 0 Å². The van der Waals surface area contributed by atoms with E-state index in [2.05, 4.69) is 50.0 Å². The van der Waals surface area contributed by atoms with Crippen molar-refractivity contribution in [1.82, 2.24) is 15.1 Å². The number of nitrogens with one attached hydrogen (secondary N) is 1. The van der Waals surface area contributed by atoms with Crippen LogP contribution in [0.1, 0.15) is 33.6 Å². The molecule has 0 bridgehead atoms. The smallest absolute Gasteiger partial charge is 0.0221 e. The molecule has 0 radical (unpaired) electrons. The van der Waals surface area contributed by atoms with Crippen LogP contribution in [0.25, 0.3) is 0 Å². The molecule has 1 N–H and O–H groups in total. The van der Waals surface area contributed by atoms with Gasteiger partial charge in [-0.1, -0.05) is 20.3 Å². The van der Waals surface area contributed by atoms with Gasteiger partial charge < -0.3 is 10.2 Å². The topological polar surface area (TPSA) is 18.5 Å². The van der Waals surface area contributed by atoms with Gasteiger partial charge in [-0.2, -0.15) is 0 Å². The van der Waals surface area contributed by atoms with Gasteiger partial charge in [-0.05, 0) is 46.4 Å². The van der Waals surface area contributed by atoms with Gasteiger partial charge in [-0.25, -0.2) is 0 Å². The van der Waals surface area contributed by atoms with E-state index in [1.54, 1.807) is 0 Å². The molecule has 102 valence electrons. The third kappa shape index (κ3) is 4.94. The van der Waals surface area contributed by atoms with Gasteiger partial charge in [0.25, 0.3) is 0 Å². The van der Waals surface area contributed by atoms with Crippen LogP contribution >= 0.6 is 0 Å². The highest BCUT2D eigenvalue weighted by Gasteiger charge is 2.26. The standard InChI is InChI=1S/C14H31N3/c1-6-12(2)14-11-17(13(3)10-15-14)9-7-8-16(4)5/h12-15H,6-11H2,1-5H3. The minimum atomic E-state index is 0.690. The zero-order valence-corrected chi connectivity index (χ0v) is 12.4. The zero-order chi connectivity index (χ0) is 12.8. The molecule has 1 rings (SSSR count). The maximum Gasteiger partial charge on any atom is 0.0221 e. The highest BCUT2D eigenvalue weighted by atomic mass is 15.2. The van der Waals surface area contributed by atoms with Crippen LogP contribution in [0, 0.1) is 5.92 Å². The highest BCUT2D eigenvalue weighted by Crippen LogP contribution is 2.15. The fourth-order valence-electron chi connectivity index (χ4n) is 2.52. The van der Waals surface area contributed by atoms with Gasteiger partial charge in [0.1, 0.15) is 0 Å². The Balaban J connectivity index is 2.35. The summed E-state index contributed by atoms with van der Waals surface area (Å²) in [5, 5.41) is 3.70. The van der Waals surface area contributed by atoms with Crippen molar-refractivity contribution in [3.8, 4) is 0 Å². The van der Waals surface area contributed by atoms with E-state index in [1.807, 2.05) is 0 Å². The van der Waals surface area contributed by atoms with Crippen molar-refractivity contribution in [2.24, 2.45) is 5.92 Å². The summed E-state index contributed by atoms with van der Waals surface area (Å²) in [7, 11) is 4.31. The second-order valence-electron chi connectivity index (χ2n) is 5.90. The number of rotatable bonds is 6. The Labute approximate surface area is 108 Å². The molecule has 3 unspecified atom stereocenters. The van der Waals surface area contributed by atoms with Crippen molar-refractivity contribution < 1.29 is 0 Å². The van der Waals surface area contributed by atoms with E-state index < -0.39 is 0 Å². The predicted molar refractivity (Wildman–Crippen MR) is 75.5 cm³/mol. The van der Waals surface area contributed by atoms with Gasteiger partial charge >= 0.3 is 0 Å². The molecule has 0 spiro atoms. The lowest BCUT2D eigenvalue weighted by Crippen LogP contribution is -2.57. The number of hydrogen-bond acceptors (Lipinski definition) is 3. The van der Waals surface area contributed by atoms with E-state index in [-0.39, 0.29) is 0 Å². The van der Waals surface area contributed by atoms with Gasteiger partial charge in [-0.15, -0.1) is 0 Å². The summed E-state index contributed by atoms with van der Waals surface area (Å²) in [6.45, 7) is 11.8. The monoisotopic (exact) mass is 241 g/mol. The minimum Gasteiger partial charge on any atom is -0.311 e. The fourth-order valence-corrected chi connectivity index (χ4v) is 2.52. The summed E-state index contributed by atoms with van der Waals surface area (Å²) in [5.41, 5.74) is 0. The summed E-state index contributed by atoms with van der Waals surface area (Å²) in [5.74, 6) is 0.791. The summed E-state index contributed by atoms with van der Waals surface area (Å²) in [4.78, 5) is 4.94. The normalized spacial score (nSPS) is 28.6. The molecule has 0 aliphatic carbocycles. The first kappa shape index (κ1) is 14.9. The van der Waals surface area contributed by atoms with E-state index in [9.17, 15) is 0 Å². The average Bonchev–Trinajstić information content (AvgIpc) is 2.30. The molecular formula is C14H31N3. The van der Waals surface area contributed by atoms with Gasteiger partial charge in [0.05, 0.1) is 0 Å². The molecule has 1 saturated heterocycles. The molecule has 0 saturated carbocycles. The third-order valence-electron chi connectivity index (χ3n) is 4.11. The molecular weight excluding hydrogens is 210 g/mol. The second-order valence-corrected chi connectivity index (χ2v) is 5.90. The van der Waals surface area contributed by atoms with E-state index in [0.717, 1.165) is 12.5 Å². The Kier molecular flexibility index (Phi) is 6.45. The zero-order valence-electron chi connectivity index (χ0n) is 12.4. The molecule has 3 nitrogen and oxygen atoms in total. The molecule has 0 aromatic carbocycles. The Morgan fingerprint density at radius 2 is 2.12 bits per heavy atom. The molecule has 17 heavy (non-hydrogen) atoms. The number of piperazine rings is 1. The highest BCUT2D eigenvalue weighted by molar-refractivity contribution is 4.86. The predicted octanol–water partition coefficient (Wildman–Crippen LogP) is 1.65. The van der Waals surface area contributed by atoms with Gasteiger partial charge in [0, 0.05) is 25.2 Å². The molecule has 0 aromatic heterocycles. The van der Waals surface area contributed by atoms with Crippen molar-refractivity contribution in [3.05, 3.63) is 0 Å². The molecule has 1 heterocycles. The Morgan fingerprint density at radius 3 is 2.71 bits per heavy atom. The van der Waals surface area contributed by atoms with E-state index >= 15 is 0 Å². The van der Waals surface area contributed by atoms with Gasteiger partial charge in [0.2, 0.25) is 0 Å². The Hall–Kier alpha value is -0.120. The lowest BCUT2D eigenvalue weighted by Gasteiger charge is -2.41. The molecule has 0 aromatic rings. The van der Waals surface area contributed by atoms with Crippen LogP contribution in [0.15, 0.2) is 0 Å². The quantitative estimate of drug-likeness (QED) is 0.763. The van der Waals surface area contributed by atoms with Gasteiger partial charge in [-0.3, -0.25) is 4.90 Å². The molecule has 1 aliphatic heterocycles. The Morgan fingerprint density at radius 1 is 1.41 bits per heavy atom. The lowest BCUT2D eigenvalue weighted by molar-refractivity contribution is 0.115. The molecule has 1 aliphatic rings. The van der Waals surface area contributed by atoms with Crippen LogP contribution in [0.5, 0.6) is 0 Å². The number of hydrogen-bond donors (Lipinski definition) is 1. The van der Waals surface area contributed by atoms with Crippen molar-refractivity contribution in [2.75, 3.05) is 40.3 Å². The Bertz CT molecular complexity index is 206. The van der Waals surface area contributed by atoms with Gasteiger partial charge in [0.15, 0.2) is 0 Å². The van der Waals surface area contributed by atoms with Crippen LogP contribution in [0.2, 0.25) is 0 Å². The van der Waals surface area contributed by atoms with E-state index in [0.29, 0.717) is 12.1 Å². The van der Waals surface area contributed by atoms with Crippen LogP contribution in [-0.2, 0) is 0 Å². The maximum atomic E-state index is 3.70. The number of nitrogens with zero attached hydrogens (tertiary/aromatic N) is 2. The maximum absolute atomic E-state index is 3.70. The SMILES string of the molecule is CCC(C)C1CN(CCCN(C)C)C(C)CN1. The van der Waals surface area contributed by atoms with E-state index in [4.69, 9.17) is 0 Å². The fraction of sp³-hybridized carbons (Fsp3) is 1.00. The molecule has 1 fully saturated rings. The summed E-state index contributed by atoms with van der Waals surface area (Å²) in [6.07, 6.45) is 2.56. The first-order valence-electron chi connectivity index (χ1n) is 7.16. The summed E-state index contributed by atoms with van der Waals surface area (Å²) < 4.78 is 0. The summed E-state index contributed by atoms with van der Waals surface area (Å²) >= 11 is 0. The van der Waals surface area contributed by atoms with Crippen molar-refractivity contribution in [2.45, 2.75) is 45.7 Å². The average molecular weight is 241 g/mol. The van der Waals surface area contributed by atoms with Crippen LogP contribution in [0.4, 0.5) is 0 Å². The third-order valence-corrected chi connectivity index (χ3v) is 4.11. The lowest BCUT2D eigenvalue weighted by atomic mass is 9.95. The summed E-state index contributed by atoms with van der Waals surface area (Å²) in [6, 6.07) is 1.38. The largest absolute Gasteiger partial charge is 0.311 e. The van der Waals surface area contributed by atoms with Crippen LogP contribution in [0.3, 0.4) is 0 Å². The molecule has 0 amide bonds. The minimum absolute atomic E-state index is 0.690. The van der Waals surface area contributed by atoms with Crippen LogP contribution in [-0.4, -0.2) is 62.2 Å². The van der Waals surface area contributed by atoms with Crippen LogP contribution < -0.4 is 5.32 Å². The molecule has 3 heteroatoms. The van der Waals surface area contributed by atoms with Crippen molar-refractivity contribution >= 4 is 0 Å².